The molecule has 0 N–H and O–H groups in total. The van der Waals surface area contributed by atoms with Gasteiger partial charge in [0.1, 0.15) is 5.75 Å². The van der Waals surface area contributed by atoms with Crippen LogP contribution in [0, 0.1) is 0 Å². The minimum absolute atomic E-state index is 0.146. The molecule has 158 valence electrons. The molecule has 0 saturated heterocycles. The van der Waals surface area contributed by atoms with Gasteiger partial charge in [-0.1, -0.05) is 60.3 Å². The average Bonchev–Trinajstić information content (AvgIpc) is 3.17. The molecular weight excluding hydrogens is 432 g/mol. The summed E-state index contributed by atoms with van der Waals surface area (Å²) in [6, 6.07) is 22.2. The molecule has 2 aromatic heterocycles. The first-order chi connectivity index (χ1) is 15.1. The summed E-state index contributed by atoms with van der Waals surface area (Å²) in [5, 5.41) is 9.28. The summed E-state index contributed by atoms with van der Waals surface area (Å²) in [5.74, 6) is 1.13. The van der Waals surface area contributed by atoms with Crippen molar-refractivity contribution in [1.29, 1.82) is 0 Å². The summed E-state index contributed by atoms with van der Waals surface area (Å²) in [5.41, 5.74) is 1.94. The molecule has 0 spiro atoms. The maximum atomic E-state index is 12.3. The Labute approximate surface area is 185 Å². The average molecular weight is 453 g/mol. The molecule has 0 radical (unpaired) electrons. The van der Waals surface area contributed by atoms with E-state index >= 15 is 0 Å². The van der Waals surface area contributed by atoms with Gasteiger partial charge in [0, 0.05) is 23.7 Å². The lowest BCUT2D eigenvalue weighted by atomic mass is 10.2. The Morgan fingerprint density at radius 3 is 2.35 bits per heavy atom. The van der Waals surface area contributed by atoms with Crippen LogP contribution in [0.5, 0.6) is 5.75 Å². The number of nitrogens with zero attached hydrogens (tertiary/aromatic N) is 4. The highest BCUT2D eigenvalue weighted by Gasteiger charge is 2.18. The van der Waals surface area contributed by atoms with Gasteiger partial charge in [0.25, 0.3) is 0 Å². The zero-order valence-electron chi connectivity index (χ0n) is 16.5. The van der Waals surface area contributed by atoms with Gasteiger partial charge in [-0.15, -0.1) is 10.2 Å². The molecule has 0 unspecified atom stereocenters. The highest BCUT2D eigenvalue weighted by atomic mass is 32.2. The lowest BCUT2D eigenvalue weighted by Gasteiger charge is -2.11. The zero-order valence-corrected chi connectivity index (χ0v) is 18.2. The van der Waals surface area contributed by atoms with Crippen LogP contribution in [-0.2, 0) is 16.7 Å². The molecule has 2 heterocycles. The molecule has 0 fully saturated rings. The first-order valence-corrected chi connectivity index (χ1v) is 12.1. The standard InChI is InChI=1S/C22H20N4O3S2/c27-31(28,29-20-11-5-2-6-12-20)15-14-30-22-25-24-21(19-10-7-13-23-16-19)26(22)17-18-8-3-1-4-9-18/h1-13,16H,14-15,17H2. The SMILES string of the molecule is O=S(=O)(CCSc1nnc(-c2cccnc2)n1Cc1ccccc1)Oc1ccccc1. The van der Waals surface area contributed by atoms with Gasteiger partial charge >= 0.3 is 10.1 Å². The third kappa shape index (κ3) is 5.71. The third-order valence-corrected chi connectivity index (χ3v) is 6.73. The van der Waals surface area contributed by atoms with Crippen molar-refractivity contribution in [2.45, 2.75) is 11.7 Å². The smallest absolute Gasteiger partial charge is 0.310 e. The van der Waals surface area contributed by atoms with E-state index in [4.69, 9.17) is 4.18 Å². The van der Waals surface area contributed by atoms with Crippen LogP contribution in [0.1, 0.15) is 5.56 Å². The second-order valence-electron chi connectivity index (χ2n) is 6.63. The number of para-hydroxylation sites is 1. The predicted molar refractivity (Wildman–Crippen MR) is 120 cm³/mol. The van der Waals surface area contributed by atoms with Crippen LogP contribution >= 0.6 is 11.8 Å². The van der Waals surface area contributed by atoms with E-state index in [0.717, 1.165) is 11.1 Å². The van der Waals surface area contributed by atoms with Gasteiger partial charge in [0.2, 0.25) is 0 Å². The molecule has 0 amide bonds. The topological polar surface area (TPSA) is 87.0 Å². The van der Waals surface area contributed by atoms with Gasteiger partial charge in [-0.2, -0.15) is 8.42 Å². The van der Waals surface area contributed by atoms with E-state index < -0.39 is 10.1 Å². The van der Waals surface area contributed by atoms with Crippen molar-refractivity contribution in [3.63, 3.8) is 0 Å². The Kier molecular flexibility index (Phi) is 6.63. The molecule has 0 bridgehead atoms. The van der Waals surface area contributed by atoms with Crippen molar-refractivity contribution >= 4 is 21.9 Å². The summed E-state index contributed by atoms with van der Waals surface area (Å²) >= 11 is 1.33. The number of hydrogen-bond acceptors (Lipinski definition) is 7. The number of rotatable bonds is 9. The van der Waals surface area contributed by atoms with Gasteiger partial charge in [-0.25, -0.2) is 0 Å². The van der Waals surface area contributed by atoms with E-state index in [-0.39, 0.29) is 11.5 Å². The van der Waals surface area contributed by atoms with Gasteiger partial charge in [-0.3, -0.25) is 9.55 Å². The normalized spacial score (nSPS) is 11.4. The molecule has 0 saturated carbocycles. The number of pyridine rings is 1. The van der Waals surface area contributed by atoms with Crippen molar-refractivity contribution in [3.8, 4) is 17.1 Å². The Morgan fingerprint density at radius 1 is 0.903 bits per heavy atom. The van der Waals surface area contributed by atoms with Crippen LogP contribution in [0.15, 0.2) is 90.3 Å². The maximum absolute atomic E-state index is 12.3. The Morgan fingerprint density at radius 2 is 1.65 bits per heavy atom. The van der Waals surface area contributed by atoms with Gasteiger partial charge in [0.05, 0.1) is 12.3 Å². The Balaban J connectivity index is 1.50. The highest BCUT2D eigenvalue weighted by molar-refractivity contribution is 8.00. The van der Waals surface area contributed by atoms with Crippen LogP contribution < -0.4 is 4.18 Å². The van der Waals surface area contributed by atoms with Crippen molar-refractivity contribution in [1.82, 2.24) is 19.7 Å². The molecule has 0 atom stereocenters. The molecule has 7 nitrogen and oxygen atoms in total. The fraction of sp³-hybridized carbons (Fsp3) is 0.136. The van der Waals surface area contributed by atoms with Gasteiger partial charge in [0.15, 0.2) is 11.0 Å². The largest absolute Gasteiger partial charge is 0.382 e. The van der Waals surface area contributed by atoms with E-state index in [0.29, 0.717) is 23.3 Å². The number of thioether (sulfide) groups is 1. The first kappa shape index (κ1) is 21.1. The lowest BCUT2D eigenvalue weighted by molar-refractivity contribution is 0.488. The van der Waals surface area contributed by atoms with E-state index in [1.165, 1.54) is 11.8 Å². The van der Waals surface area contributed by atoms with E-state index in [1.54, 1.807) is 42.7 Å². The predicted octanol–water partition coefficient (Wildman–Crippen LogP) is 3.89. The van der Waals surface area contributed by atoms with E-state index in [9.17, 15) is 8.42 Å². The van der Waals surface area contributed by atoms with Crippen LogP contribution in [-0.4, -0.2) is 39.7 Å². The summed E-state index contributed by atoms with van der Waals surface area (Å²) in [6.07, 6.45) is 3.44. The monoisotopic (exact) mass is 452 g/mol. The number of benzene rings is 2. The van der Waals surface area contributed by atoms with E-state index in [2.05, 4.69) is 15.2 Å². The minimum Gasteiger partial charge on any atom is -0.382 e. The molecule has 0 aliphatic carbocycles. The first-order valence-electron chi connectivity index (χ1n) is 9.58. The lowest BCUT2D eigenvalue weighted by Crippen LogP contribution is -2.15. The van der Waals surface area contributed by atoms with E-state index in [1.807, 2.05) is 47.0 Å². The van der Waals surface area contributed by atoms with Gasteiger partial charge < -0.3 is 4.18 Å². The molecule has 0 aliphatic rings. The van der Waals surface area contributed by atoms with Crippen molar-refractivity contribution < 1.29 is 12.6 Å². The molecule has 4 aromatic rings. The molecule has 9 heteroatoms. The second kappa shape index (κ2) is 9.76. The van der Waals surface area contributed by atoms with Crippen LogP contribution in [0.3, 0.4) is 0 Å². The number of aromatic nitrogens is 4. The maximum Gasteiger partial charge on any atom is 0.310 e. The molecule has 4 rings (SSSR count). The number of hydrogen-bond donors (Lipinski definition) is 0. The summed E-state index contributed by atoms with van der Waals surface area (Å²) in [4.78, 5) is 4.17. The fourth-order valence-corrected chi connectivity index (χ4v) is 5.14. The molecule has 0 aliphatic heterocycles. The van der Waals surface area contributed by atoms with Crippen molar-refractivity contribution in [2.75, 3.05) is 11.5 Å². The Hall–Kier alpha value is -3.17. The minimum atomic E-state index is -3.71. The highest BCUT2D eigenvalue weighted by Crippen LogP contribution is 2.25. The quantitative estimate of drug-likeness (QED) is 0.281. The van der Waals surface area contributed by atoms with Crippen LogP contribution in [0.25, 0.3) is 11.4 Å². The third-order valence-electron chi connectivity index (χ3n) is 4.35. The molecule has 31 heavy (non-hydrogen) atoms. The van der Waals surface area contributed by atoms with Crippen LogP contribution in [0.4, 0.5) is 0 Å². The fourth-order valence-electron chi connectivity index (χ4n) is 2.91. The molecular formula is C22H20N4O3S2. The van der Waals surface area contributed by atoms with Crippen LogP contribution in [0.2, 0.25) is 0 Å². The zero-order chi connectivity index (χ0) is 21.5. The van der Waals surface area contributed by atoms with Crippen molar-refractivity contribution in [2.24, 2.45) is 0 Å². The second-order valence-corrected chi connectivity index (χ2v) is 9.38. The Bertz CT molecular complexity index is 1220. The molecule has 2 aromatic carbocycles. The summed E-state index contributed by atoms with van der Waals surface area (Å²) in [6.45, 7) is 0.563. The summed E-state index contributed by atoms with van der Waals surface area (Å²) in [7, 11) is -3.71. The van der Waals surface area contributed by atoms with Gasteiger partial charge in [-0.05, 0) is 29.8 Å². The van der Waals surface area contributed by atoms with Crippen molar-refractivity contribution in [3.05, 3.63) is 90.8 Å². The summed E-state index contributed by atoms with van der Waals surface area (Å²) < 4.78 is 31.7.